The predicted molar refractivity (Wildman–Crippen MR) is 94.0 cm³/mol. The molecule has 0 aromatic heterocycles. The molecule has 0 radical (unpaired) electrons. The topological polar surface area (TPSA) is 64.6 Å². The van der Waals surface area contributed by atoms with E-state index in [1.165, 1.54) is 0 Å². The van der Waals surface area contributed by atoms with Gasteiger partial charge in [-0.05, 0) is 51.7 Å². The van der Waals surface area contributed by atoms with Crippen molar-refractivity contribution in [2.75, 3.05) is 0 Å². The Bertz CT molecular complexity index is 437. The third-order valence-electron chi connectivity index (χ3n) is 4.69. The first kappa shape index (κ1) is 20.2. The highest BCUT2D eigenvalue weighted by Gasteiger charge is 2.44. The van der Waals surface area contributed by atoms with Gasteiger partial charge >= 0.3 is 6.09 Å². The molecule has 0 aromatic rings. The van der Waals surface area contributed by atoms with E-state index in [0.717, 1.165) is 6.29 Å². The first-order valence-corrected chi connectivity index (χ1v) is 11.3. The maximum Gasteiger partial charge on any atom is 0.407 e. The predicted octanol–water partition coefficient (Wildman–Crippen LogP) is 3.88. The highest BCUT2D eigenvalue weighted by atomic mass is 28.4. The van der Waals surface area contributed by atoms with Gasteiger partial charge in [0.25, 0.3) is 0 Å². The molecule has 1 amide bonds. The monoisotopic (exact) mass is 343 g/mol. The van der Waals surface area contributed by atoms with Crippen LogP contribution in [-0.2, 0) is 14.0 Å². The van der Waals surface area contributed by atoms with E-state index in [9.17, 15) is 9.59 Å². The van der Waals surface area contributed by atoms with Crippen molar-refractivity contribution in [1.29, 1.82) is 0 Å². The first-order valence-electron chi connectivity index (χ1n) is 8.38. The Morgan fingerprint density at radius 3 is 2.13 bits per heavy atom. The van der Waals surface area contributed by atoms with Crippen molar-refractivity contribution < 1.29 is 18.8 Å². The largest absolute Gasteiger partial charge is 0.444 e. The van der Waals surface area contributed by atoms with Crippen LogP contribution in [0.25, 0.3) is 0 Å². The molecule has 1 aliphatic carbocycles. The van der Waals surface area contributed by atoms with Crippen LogP contribution < -0.4 is 5.32 Å². The Morgan fingerprint density at radius 2 is 1.70 bits per heavy atom. The van der Waals surface area contributed by atoms with Gasteiger partial charge in [-0.2, -0.15) is 0 Å². The third kappa shape index (κ3) is 5.92. The fourth-order valence-electron chi connectivity index (χ4n) is 2.44. The van der Waals surface area contributed by atoms with Crippen molar-refractivity contribution in [2.45, 2.75) is 90.3 Å². The summed E-state index contributed by atoms with van der Waals surface area (Å²) in [5, 5.41) is 2.99. The smallest absolute Gasteiger partial charge is 0.407 e. The summed E-state index contributed by atoms with van der Waals surface area (Å²) in [5.41, 5.74) is -0.539. The summed E-state index contributed by atoms with van der Waals surface area (Å²) in [4.78, 5) is 23.2. The van der Waals surface area contributed by atoms with Crippen molar-refractivity contribution in [3.63, 3.8) is 0 Å². The van der Waals surface area contributed by atoms with Gasteiger partial charge in [0, 0.05) is 5.92 Å². The second kappa shape index (κ2) is 6.93. The second-order valence-electron chi connectivity index (χ2n) is 9.04. The van der Waals surface area contributed by atoms with Gasteiger partial charge < -0.3 is 19.3 Å². The van der Waals surface area contributed by atoms with Gasteiger partial charge in [0.15, 0.2) is 8.32 Å². The zero-order valence-electron chi connectivity index (χ0n) is 15.9. The van der Waals surface area contributed by atoms with Crippen LogP contribution in [0.3, 0.4) is 0 Å². The van der Waals surface area contributed by atoms with Gasteiger partial charge in [0.1, 0.15) is 11.9 Å². The number of alkyl carbamates (subject to hydrolysis) is 1. The molecule has 0 aromatic carbocycles. The van der Waals surface area contributed by atoms with Gasteiger partial charge in [-0.15, -0.1) is 0 Å². The summed E-state index contributed by atoms with van der Waals surface area (Å²) in [7, 11) is -1.96. The Hall–Kier alpha value is -0.883. The molecule has 0 spiro atoms. The molecule has 1 rings (SSSR count). The zero-order valence-corrected chi connectivity index (χ0v) is 16.9. The van der Waals surface area contributed by atoms with E-state index >= 15 is 0 Å². The van der Waals surface area contributed by atoms with Gasteiger partial charge in [-0.25, -0.2) is 4.79 Å². The Labute approximate surface area is 141 Å². The van der Waals surface area contributed by atoms with E-state index in [0.29, 0.717) is 12.8 Å². The normalized spacial score (nSPS) is 26.0. The average molecular weight is 344 g/mol. The van der Waals surface area contributed by atoms with E-state index in [4.69, 9.17) is 9.16 Å². The molecule has 1 N–H and O–H groups in total. The fraction of sp³-hybridized carbons (Fsp3) is 0.882. The second-order valence-corrected chi connectivity index (χ2v) is 13.8. The van der Waals surface area contributed by atoms with Gasteiger partial charge in [-0.1, -0.05) is 20.8 Å². The van der Waals surface area contributed by atoms with E-state index < -0.39 is 20.0 Å². The van der Waals surface area contributed by atoms with Gasteiger partial charge in [-0.3, -0.25) is 0 Å². The molecule has 1 fully saturated rings. The quantitative estimate of drug-likeness (QED) is 0.621. The molecule has 0 bridgehead atoms. The molecule has 23 heavy (non-hydrogen) atoms. The van der Waals surface area contributed by atoms with E-state index in [-0.39, 0.29) is 23.1 Å². The summed E-state index contributed by atoms with van der Waals surface area (Å²) >= 11 is 0. The van der Waals surface area contributed by atoms with E-state index in [1.54, 1.807) is 0 Å². The highest BCUT2D eigenvalue weighted by molar-refractivity contribution is 6.74. The molecule has 3 unspecified atom stereocenters. The molecular weight excluding hydrogens is 310 g/mol. The van der Waals surface area contributed by atoms with Crippen LogP contribution in [0, 0.1) is 5.92 Å². The minimum absolute atomic E-state index is 0.0651. The third-order valence-corrected chi connectivity index (χ3v) is 9.19. The number of hydrogen-bond acceptors (Lipinski definition) is 4. The first-order chi connectivity index (χ1) is 10.2. The number of hydrogen-bond donors (Lipinski definition) is 1. The van der Waals surface area contributed by atoms with Crippen LogP contribution in [0.5, 0.6) is 0 Å². The SMILES string of the molecule is CC(C)(C)OC(=O)NC1CC(C=O)CC1O[Si](C)(C)C(C)(C)C. The maximum absolute atomic E-state index is 12.1. The van der Waals surface area contributed by atoms with Crippen molar-refractivity contribution in [3.05, 3.63) is 0 Å². The molecule has 1 saturated carbocycles. The number of aldehydes is 1. The summed E-state index contributed by atoms with van der Waals surface area (Å²) in [6.07, 6.45) is 1.67. The molecule has 0 aliphatic heterocycles. The molecule has 6 heteroatoms. The van der Waals surface area contributed by atoms with Crippen molar-refractivity contribution in [3.8, 4) is 0 Å². The lowest BCUT2D eigenvalue weighted by Crippen LogP contribution is -2.50. The van der Waals surface area contributed by atoms with Crippen molar-refractivity contribution in [1.82, 2.24) is 5.32 Å². The van der Waals surface area contributed by atoms with E-state index in [1.807, 2.05) is 20.8 Å². The zero-order chi connectivity index (χ0) is 18.1. The number of carbonyl (C=O) groups excluding carboxylic acids is 2. The molecule has 0 heterocycles. The number of nitrogens with one attached hydrogen (secondary N) is 1. The summed E-state index contributed by atoms with van der Waals surface area (Å²) in [6.45, 7) is 16.4. The maximum atomic E-state index is 12.1. The molecule has 1 aliphatic rings. The number of amides is 1. The van der Waals surface area contributed by atoms with Gasteiger partial charge in [0.2, 0.25) is 0 Å². The molecule has 134 valence electrons. The Balaban J connectivity index is 2.79. The minimum Gasteiger partial charge on any atom is -0.444 e. The van der Waals surface area contributed by atoms with Crippen LogP contribution >= 0.6 is 0 Å². The molecule has 0 saturated heterocycles. The highest BCUT2D eigenvalue weighted by Crippen LogP contribution is 2.40. The lowest BCUT2D eigenvalue weighted by atomic mass is 10.1. The Kier molecular flexibility index (Phi) is 6.07. The van der Waals surface area contributed by atoms with Crippen LogP contribution in [0.15, 0.2) is 0 Å². The summed E-state index contributed by atoms with van der Waals surface area (Å²) < 4.78 is 11.8. The van der Waals surface area contributed by atoms with Crippen molar-refractivity contribution >= 4 is 20.7 Å². The van der Waals surface area contributed by atoms with Crippen molar-refractivity contribution in [2.24, 2.45) is 5.92 Å². The van der Waals surface area contributed by atoms with Crippen LogP contribution in [0.1, 0.15) is 54.4 Å². The number of carbonyl (C=O) groups is 2. The standard InChI is InChI=1S/C17H33NO4Si/c1-16(2,3)21-15(20)18-13-9-12(11-19)10-14(13)22-23(7,8)17(4,5)6/h11-14H,9-10H2,1-8H3,(H,18,20). The fourth-order valence-corrected chi connectivity index (χ4v) is 3.82. The molecular formula is C17H33NO4Si. The van der Waals surface area contributed by atoms with E-state index in [2.05, 4.69) is 39.2 Å². The van der Waals surface area contributed by atoms with Crippen LogP contribution in [0.2, 0.25) is 18.1 Å². The lowest BCUT2D eigenvalue weighted by molar-refractivity contribution is -0.111. The number of ether oxygens (including phenoxy) is 1. The van der Waals surface area contributed by atoms with Crippen LogP contribution in [0.4, 0.5) is 4.79 Å². The van der Waals surface area contributed by atoms with Gasteiger partial charge in [0.05, 0.1) is 12.1 Å². The van der Waals surface area contributed by atoms with Crippen LogP contribution in [-0.4, -0.2) is 38.4 Å². The Morgan fingerprint density at radius 1 is 1.13 bits per heavy atom. The lowest BCUT2D eigenvalue weighted by Gasteiger charge is -2.40. The minimum atomic E-state index is -1.96. The average Bonchev–Trinajstić information content (AvgIpc) is 2.66. The summed E-state index contributed by atoms with van der Waals surface area (Å²) in [6, 6.07) is -0.172. The molecule has 5 nitrogen and oxygen atoms in total. The summed E-state index contributed by atoms with van der Waals surface area (Å²) in [5.74, 6) is -0.0651. The number of rotatable bonds is 4. The molecule has 3 atom stereocenters.